The minimum atomic E-state index is -4.72. The Kier molecular flexibility index (Phi) is 7.44. The summed E-state index contributed by atoms with van der Waals surface area (Å²) in [6.07, 6.45) is -2.95. The van der Waals surface area contributed by atoms with Crippen LogP contribution in [0, 0.1) is 0 Å². The maximum absolute atomic E-state index is 12.6. The molecule has 1 heterocycles. The zero-order valence-electron chi connectivity index (χ0n) is 13.1. The Hall–Kier alpha value is -1.86. The van der Waals surface area contributed by atoms with Gasteiger partial charge < -0.3 is 9.64 Å². The van der Waals surface area contributed by atoms with E-state index in [0.29, 0.717) is 23.1 Å². The number of hydrogen-bond donors (Lipinski definition) is 0. The molecule has 0 radical (unpaired) electrons. The van der Waals surface area contributed by atoms with Gasteiger partial charge in [-0.1, -0.05) is 29.8 Å². The first kappa shape index (κ1) is 20.2. The summed E-state index contributed by atoms with van der Waals surface area (Å²) in [5.74, 6) is 0.575. The van der Waals surface area contributed by atoms with Crippen LogP contribution in [-0.4, -0.2) is 30.9 Å². The second-order valence-corrected chi connectivity index (χ2v) is 5.73. The zero-order valence-corrected chi connectivity index (χ0v) is 14.6. The van der Waals surface area contributed by atoms with Crippen molar-refractivity contribution in [2.45, 2.75) is 39.1 Å². The van der Waals surface area contributed by atoms with Crippen molar-refractivity contribution in [3.8, 4) is 5.75 Å². The van der Waals surface area contributed by atoms with Gasteiger partial charge in [0.2, 0.25) is 0 Å². The largest absolute Gasteiger partial charge is 0.573 e. The van der Waals surface area contributed by atoms with E-state index in [9.17, 15) is 13.2 Å². The van der Waals surface area contributed by atoms with Crippen LogP contribution in [0.4, 0.5) is 18.9 Å². The number of nitrogens with zero attached hydrogens (tertiary/aromatic N) is 2. The van der Waals surface area contributed by atoms with E-state index < -0.39 is 6.36 Å². The molecule has 0 spiro atoms. The van der Waals surface area contributed by atoms with Gasteiger partial charge in [-0.3, -0.25) is 4.99 Å². The highest BCUT2D eigenvalue weighted by molar-refractivity contribution is 9.10. The van der Waals surface area contributed by atoms with Gasteiger partial charge in [0, 0.05) is 17.4 Å². The summed E-state index contributed by atoms with van der Waals surface area (Å²) in [4.78, 5) is 22.6. The van der Waals surface area contributed by atoms with Crippen molar-refractivity contribution in [1.82, 2.24) is 0 Å². The average Bonchev–Trinajstić information content (AvgIpc) is 2.90. The van der Waals surface area contributed by atoms with Gasteiger partial charge in [0.15, 0.2) is 5.75 Å². The fourth-order valence-corrected chi connectivity index (χ4v) is 2.63. The predicted molar refractivity (Wildman–Crippen MR) is 85.0 cm³/mol. The third-order valence-electron chi connectivity index (χ3n) is 3.26. The second kappa shape index (κ2) is 8.84. The molecule has 0 bridgehead atoms. The molecular formula is C15H16BrF3N2O3. The molecule has 1 aliphatic rings. The number of carbonyl (C=O) groups excluding carboxylic acids is 2. The van der Waals surface area contributed by atoms with Crippen molar-refractivity contribution in [1.29, 1.82) is 0 Å². The van der Waals surface area contributed by atoms with Crippen LogP contribution >= 0.6 is 15.9 Å². The average molecular weight is 409 g/mol. The lowest BCUT2D eigenvalue weighted by molar-refractivity contribution is -0.274. The van der Waals surface area contributed by atoms with Crippen molar-refractivity contribution >= 4 is 33.6 Å². The molecule has 0 saturated heterocycles. The standard InChI is InChI=1S/C14H16BrF3N2O.CO2/c1-3-10-8-20(13(4-2)19-10)11-6-5-9(15)7-12(11)21-14(16,17)18;2-1-3/h5-7,10H,3-4,8H2,1-2H3;. The van der Waals surface area contributed by atoms with Crippen LogP contribution < -0.4 is 9.64 Å². The highest BCUT2D eigenvalue weighted by atomic mass is 79.9. The maximum atomic E-state index is 12.6. The number of halogens is 4. The van der Waals surface area contributed by atoms with Gasteiger partial charge in [0.05, 0.1) is 11.7 Å². The summed E-state index contributed by atoms with van der Waals surface area (Å²) >= 11 is 3.17. The number of aliphatic imine (C=N–C) groups is 1. The number of amidine groups is 1. The van der Waals surface area contributed by atoms with E-state index in [1.54, 1.807) is 12.1 Å². The van der Waals surface area contributed by atoms with Gasteiger partial charge in [0.1, 0.15) is 5.84 Å². The van der Waals surface area contributed by atoms with Crippen molar-refractivity contribution in [2.75, 3.05) is 11.4 Å². The molecule has 0 aromatic heterocycles. The molecule has 2 rings (SSSR count). The SMILES string of the molecule is CCC1=NC(CC)CN1c1ccc(Br)cc1OC(F)(F)F.O=C=O. The quantitative estimate of drug-likeness (QED) is 0.749. The summed E-state index contributed by atoms with van der Waals surface area (Å²) in [5, 5.41) is 0. The Morgan fingerprint density at radius 2 is 2.00 bits per heavy atom. The molecule has 132 valence electrons. The van der Waals surface area contributed by atoms with Crippen LogP contribution in [-0.2, 0) is 9.59 Å². The van der Waals surface area contributed by atoms with Gasteiger partial charge >= 0.3 is 12.5 Å². The van der Waals surface area contributed by atoms with E-state index in [4.69, 9.17) is 9.59 Å². The van der Waals surface area contributed by atoms with Crippen molar-refractivity contribution in [3.63, 3.8) is 0 Å². The third-order valence-corrected chi connectivity index (χ3v) is 3.76. The zero-order chi connectivity index (χ0) is 18.3. The van der Waals surface area contributed by atoms with Crippen LogP contribution in [0.1, 0.15) is 26.7 Å². The molecule has 1 atom stereocenters. The summed E-state index contributed by atoms with van der Waals surface area (Å²) < 4.78 is 42.4. The number of benzene rings is 1. The molecule has 5 nitrogen and oxygen atoms in total. The van der Waals surface area contributed by atoms with Crippen LogP contribution in [0.2, 0.25) is 0 Å². The molecule has 0 aliphatic carbocycles. The number of ether oxygens (including phenoxy) is 1. The van der Waals surface area contributed by atoms with Gasteiger partial charge in [-0.2, -0.15) is 9.59 Å². The minimum Gasteiger partial charge on any atom is -0.404 e. The molecule has 0 amide bonds. The highest BCUT2D eigenvalue weighted by Crippen LogP contribution is 2.37. The van der Waals surface area contributed by atoms with Crippen LogP contribution in [0.25, 0.3) is 0 Å². The molecule has 1 aliphatic heterocycles. The molecule has 1 aromatic carbocycles. The molecule has 24 heavy (non-hydrogen) atoms. The Balaban J connectivity index is 0.000000891. The first-order valence-electron chi connectivity index (χ1n) is 7.14. The first-order chi connectivity index (χ1) is 11.3. The summed E-state index contributed by atoms with van der Waals surface area (Å²) in [6, 6.07) is 4.76. The van der Waals surface area contributed by atoms with E-state index in [0.717, 1.165) is 12.3 Å². The number of rotatable bonds is 4. The fraction of sp³-hybridized carbons (Fsp3) is 0.467. The van der Waals surface area contributed by atoms with E-state index in [-0.39, 0.29) is 17.9 Å². The van der Waals surface area contributed by atoms with Gasteiger partial charge in [-0.15, -0.1) is 13.2 Å². The van der Waals surface area contributed by atoms with Crippen LogP contribution in [0.5, 0.6) is 5.75 Å². The van der Waals surface area contributed by atoms with E-state index >= 15 is 0 Å². The Morgan fingerprint density at radius 3 is 2.50 bits per heavy atom. The van der Waals surface area contributed by atoms with Gasteiger partial charge in [-0.05, 0) is 24.6 Å². The molecule has 1 aromatic rings. The second-order valence-electron chi connectivity index (χ2n) is 4.81. The third kappa shape index (κ3) is 5.65. The Labute approximate surface area is 145 Å². The number of anilines is 1. The molecule has 9 heteroatoms. The normalized spacial score (nSPS) is 16.8. The Bertz CT molecular complexity index is 629. The summed E-state index contributed by atoms with van der Waals surface area (Å²) in [7, 11) is 0. The Morgan fingerprint density at radius 1 is 1.38 bits per heavy atom. The van der Waals surface area contributed by atoms with Crippen molar-refractivity contribution in [3.05, 3.63) is 22.7 Å². The van der Waals surface area contributed by atoms with Gasteiger partial charge in [0.25, 0.3) is 0 Å². The lowest BCUT2D eigenvalue weighted by Gasteiger charge is -2.24. The van der Waals surface area contributed by atoms with Crippen molar-refractivity contribution in [2.24, 2.45) is 4.99 Å². The molecule has 1 unspecified atom stereocenters. The fourth-order valence-electron chi connectivity index (χ4n) is 2.29. The van der Waals surface area contributed by atoms with E-state index in [2.05, 4.69) is 25.7 Å². The van der Waals surface area contributed by atoms with E-state index in [1.165, 1.54) is 6.07 Å². The predicted octanol–water partition coefficient (Wildman–Crippen LogP) is 4.17. The van der Waals surface area contributed by atoms with Crippen LogP contribution in [0.15, 0.2) is 27.7 Å². The van der Waals surface area contributed by atoms with Crippen LogP contribution in [0.3, 0.4) is 0 Å². The first-order valence-corrected chi connectivity index (χ1v) is 7.93. The highest BCUT2D eigenvalue weighted by Gasteiger charge is 2.34. The lowest BCUT2D eigenvalue weighted by atomic mass is 10.2. The monoisotopic (exact) mass is 408 g/mol. The smallest absolute Gasteiger partial charge is 0.404 e. The molecular weight excluding hydrogens is 393 g/mol. The summed E-state index contributed by atoms with van der Waals surface area (Å²) in [5.41, 5.74) is 0.395. The van der Waals surface area contributed by atoms with E-state index in [1.807, 2.05) is 18.7 Å². The molecule has 0 N–H and O–H groups in total. The maximum Gasteiger partial charge on any atom is 0.573 e. The topological polar surface area (TPSA) is 59.0 Å². The molecule has 0 fully saturated rings. The van der Waals surface area contributed by atoms with Crippen molar-refractivity contribution < 1.29 is 27.5 Å². The molecule has 0 saturated carbocycles. The number of hydrogen-bond acceptors (Lipinski definition) is 5. The van der Waals surface area contributed by atoms with Gasteiger partial charge in [-0.25, -0.2) is 0 Å². The lowest BCUT2D eigenvalue weighted by Crippen LogP contribution is -2.30. The number of alkyl halides is 3. The summed E-state index contributed by atoms with van der Waals surface area (Å²) in [6.45, 7) is 4.53. The minimum absolute atomic E-state index is 0.113.